The summed E-state index contributed by atoms with van der Waals surface area (Å²) in [6.07, 6.45) is 2.04. The van der Waals surface area contributed by atoms with E-state index in [2.05, 4.69) is 5.16 Å². The molecule has 0 aromatic carbocycles. The molecule has 0 saturated heterocycles. The molecule has 11 heavy (non-hydrogen) atoms. The van der Waals surface area contributed by atoms with E-state index < -0.39 is 0 Å². The summed E-state index contributed by atoms with van der Waals surface area (Å²) in [7, 11) is 0. The molecule has 0 amide bonds. The Balaban J connectivity index is 2.21. The fourth-order valence-corrected chi connectivity index (χ4v) is 1.04. The van der Waals surface area contributed by atoms with Gasteiger partial charge in [-0.25, -0.2) is 0 Å². The Labute approximate surface area is 64.4 Å². The van der Waals surface area contributed by atoms with Crippen LogP contribution in [0, 0.1) is 12.8 Å². The predicted molar refractivity (Wildman–Crippen MR) is 38.3 cm³/mol. The zero-order chi connectivity index (χ0) is 7.84. The average Bonchev–Trinajstić information content (AvgIpc) is 2.74. The van der Waals surface area contributed by atoms with Crippen molar-refractivity contribution in [1.29, 1.82) is 0 Å². The number of hydrogen-bond donors (Lipinski definition) is 0. The summed E-state index contributed by atoms with van der Waals surface area (Å²) in [6, 6.07) is 1.70. The average molecular weight is 151 g/mol. The van der Waals surface area contributed by atoms with Crippen molar-refractivity contribution < 1.29 is 9.32 Å². The Morgan fingerprint density at radius 2 is 2.45 bits per heavy atom. The first-order chi connectivity index (χ1) is 5.27. The van der Waals surface area contributed by atoms with Crippen LogP contribution in [0.5, 0.6) is 0 Å². The molecule has 0 atom stereocenters. The minimum absolute atomic E-state index is 0.141. The van der Waals surface area contributed by atoms with Gasteiger partial charge in [-0.05, 0) is 19.8 Å². The largest absolute Gasteiger partial charge is 0.361 e. The lowest BCUT2D eigenvalue weighted by molar-refractivity contribution is 0.0958. The van der Waals surface area contributed by atoms with Crippen LogP contribution in [0.15, 0.2) is 10.6 Å². The topological polar surface area (TPSA) is 43.1 Å². The number of aromatic nitrogens is 1. The highest BCUT2D eigenvalue weighted by molar-refractivity contribution is 5.97. The second-order valence-electron chi connectivity index (χ2n) is 2.96. The summed E-state index contributed by atoms with van der Waals surface area (Å²) in [6.45, 7) is 1.79. The van der Waals surface area contributed by atoms with E-state index in [1.54, 1.807) is 13.0 Å². The first kappa shape index (κ1) is 6.58. The molecule has 0 radical (unpaired) electrons. The van der Waals surface area contributed by atoms with Gasteiger partial charge in [0.25, 0.3) is 0 Å². The Hall–Kier alpha value is -1.12. The van der Waals surface area contributed by atoms with Crippen molar-refractivity contribution in [1.82, 2.24) is 5.16 Å². The Morgan fingerprint density at radius 1 is 1.73 bits per heavy atom. The third kappa shape index (κ3) is 1.18. The molecule has 1 aliphatic carbocycles. The van der Waals surface area contributed by atoms with Gasteiger partial charge in [0.15, 0.2) is 5.78 Å². The number of carbonyl (C=O) groups excluding carboxylic acids is 1. The summed E-state index contributed by atoms with van der Waals surface area (Å²) in [5.41, 5.74) is 0.491. The monoisotopic (exact) mass is 151 g/mol. The van der Waals surface area contributed by atoms with E-state index in [4.69, 9.17) is 4.52 Å². The van der Waals surface area contributed by atoms with Crippen LogP contribution in [-0.2, 0) is 0 Å². The lowest BCUT2D eigenvalue weighted by atomic mass is 10.2. The van der Waals surface area contributed by atoms with E-state index in [0.29, 0.717) is 11.5 Å². The fraction of sp³-hybridized carbons (Fsp3) is 0.500. The molecule has 1 saturated carbocycles. The molecule has 1 aliphatic rings. The smallest absolute Gasteiger partial charge is 0.187 e. The molecule has 0 N–H and O–H groups in total. The number of hydrogen-bond acceptors (Lipinski definition) is 3. The van der Waals surface area contributed by atoms with Gasteiger partial charge in [-0.1, -0.05) is 5.16 Å². The molecule has 1 heterocycles. The molecule has 58 valence electrons. The normalized spacial score (nSPS) is 16.8. The zero-order valence-electron chi connectivity index (χ0n) is 6.33. The van der Waals surface area contributed by atoms with Crippen LogP contribution in [0.3, 0.4) is 0 Å². The van der Waals surface area contributed by atoms with Crippen molar-refractivity contribution in [2.75, 3.05) is 0 Å². The number of aryl methyl sites for hydroxylation is 1. The van der Waals surface area contributed by atoms with Gasteiger partial charge in [-0.15, -0.1) is 0 Å². The van der Waals surface area contributed by atoms with E-state index >= 15 is 0 Å². The van der Waals surface area contributed by atoms with E-state index in [0.717, 1.165) is 12.8 Å². The highest BCUT2D eigenvalue weighted by Gasteiger charge is 2.32. The lowest BCUT2D eigenvalue weighted by Crippen LogP contribution is -2.00. The molecule has 0 aliphatic heterocycles. The molecule has 1 fully saturated rings. The van der Waals surface area contributed by atoms with E-state index in [9.17, 15) is 4.79 Å². The predicted octanol–water partition coefficient (Wildman–Crippen LogP) is 1.58. The van der Waals surface area contributed by atoms with Crippen LogP contribution in [-0.4, -0.2) is 10.9 Å². The van der Waals surface area contributed by atoms with Gasteiger partial charge in [0, 0.05) is 12.0 Å². The van der Waals surface area contributed by atoms with Crippen LogP contribution < -0.4 is 0 Å². The van der Waals surface area contributed by atoms with Crippen molar-refractivity contribution in [3.63, 3.8) is 0 Å². The maximum absolute atomic E-state index is 11.3. The van der Waals surface area contributed by atoms with Gasteiger partial charge in [0.2, 0.25) is 0 Å². The van der Waals surface area contributed by atoms with Crippen LogP contribution in [0.2, 0.25) is 0 Å². The fourth-order valence-electron chi connectivity index (χ4n) is 1.04. The van der Waals surface area contributed by atoms with Crippen LogP contribution in [0.25, 0.3) is 0 Å². The van der Waals surface area contributed by atoms with Crippen molar-refractivity contribution >= 4 is 5.78 Å². The number of ketones is 1. The molecule has 2 rings (SSSR count). The van der Waals surface area contributed by atoms with Crippen molar-refractivity contribution in [2.24, 2.45) is 5.92 Å². The number of rotatable bonds is 2. The Bertz CT molecular complexity index is 286. The third-order valence-corrected chi connectivity index (χ3v) is 1.83. The van der Waals surface area contributed by atoms with Gasteiger partial charge in [0.1, 0.15) is 11.5 Å². The summed E-state index contributed by atoms with van der Waals surface area (Å²) >= 11 is 0. The quantitative estimate of drug-likeness (QED) is 0.602. The molecular formula is C8H9NO2. The molecule has 0 spiro atoms. The summed E-state index contributed by atoms with van der Waals surface area (Å²) in [5.74, 6) is 1.08. The minimum atomic E-state index is 0.141. The van der Waals surface area contributed by atoms with Crippen LogP contribution in [0.1, 0.15) is 29.1 Å². The Kier molecular flexibility index (Phi) is 1.31. The highest BCUT2D eigenvalue weighted by atomic mass is 16.5. The summed E-state index contributed by atoms with van der Waals surface area (Å²) in [4.78, 5) is 11.3. The second kappa shape index (κ2) is 2.19. The highest BCUT2D eigenvalue weighted by Crippen LogP contribution is 2.32. The van der Waals surface area contributed by atoms with Crippen molar-refractivity contribution in [2.45, 2.75) is 19.8 Å². The van der Waals surface area contributed by atoms with Gasteiger partial charge in [-0.3, -0.25) is 4.79 Å². The van der Waals surface area contributed by atoms with Crippen LogP contribution in [0.4, 0.5) is 0 Å². The van der Waals surface area contributed by atoms with Gasteiger partial charge < -0.3 is 4.52 Å². The first-order valence-corrected chi connectivity index (χ1v) is 3.75. The van der Waals surface area contributed by atoms with E-state index in [-0.39, 0.29) is 11.7 Å². The molecular weight excluding hydrogens is 142 g/mol. The summed E-state index contributed by atoms with van der Waals surface area (Å²) < 4.78 is 4.79. The van der Waals surface area contributed by atoms with Gasteiger partial charge in [-0.2, -0.15) is 0 Å². The van der Waals surface area contributed by atoms with Crippen molar-refractivity contribution in [3.8, 4) is 0 Å². The van der Waals surface area contributed by atoms with Gasteiger partial charge >= 0.3 is 0 Å². The van der Waals surface area contributed by atoms with E-state index in [1.165, 1.54) is 0 Å². The standard InChI is InChI=1S/C8H9NO2/c1-5-4-7(9-11-5)8(10)6-2-3-6/h4,6H,2-3H2,1H3. The number of nitrogens with zero attached hydrogens (tertiary/aromatic N) is 1. The number of Topliss-reactive ketones (excluding diaryl/α,β-unsaturated/α-hetero) is 1. The molecule has 0 bridgehead atoms. The molecule has 3 heteroatoms. The second-order valence-corrected chi connectivity index (χ2v) is 2.96. The molecule has 1 aromatic rings. The zero-order valence-corrected chi connectivity index (χ0v) is 6.33. The maximum atomic E-state index is 11.3. The number of carbonyl (C=O) groups is 1. The maximum Gasteiger partial charge on any atom is 0.187 e. The molecule has 1 aromatic heterocycles. The van der Waals surface area contributed by atoms with Crippen LogP contribution >= 0.6 is 0 Å². The van der Waals surface area contributed by atoms with Gasteiger partial charge in [0.05, 0.1) is 0 Å². The van der Waals surface area contributed by atoms with Crippen molar-refractivity contribution in [3.05, 3.63) is 17.5 Å². The van der Waals surface area contributed by atoms with E-state index in [1.807, 2.05) is 0 Å². The SMILES string of the molecule is Cc1cc(C(=O)C2CC2)no1. The summed E-state index contributed by atoms with van der Waals surface area (Å²) in [5, 5.41) is 3.65. The molecule has 3 nitrogen and oxygen atoms in total. The Morgan fingerprint density at radius 3 is 2.91 bits per heavy atom. The first-order valence-electron chi connectivity index (χ1n) is 3.75. The molecule has 0 unspecified atom stereocenters. The third-order valence-electron chi connectivity index (χ3n) is 1.83. The minimum Gasteiger partial charge on any atom is -0.361 e. The lowest BCUT2D eigenvalue weighted by Gasteiger charge is -1.86.